The molecular formula is C62H50F18N16. The lowest BCUT2D eigenvalue weighted by molar-refractivity contribution is -0.138. The van der Waals surface area contributed by atoms with Gasteiger partial charge in [0.1, 0.15) is 25.3 Å². The SMILES string of the molecule is Cc1ccc(-n2cccn2)c(C(F)(F)F)c1.Cc1ccc(-n2ccnc2)c(C(F)(F)F)c1.Cc1ccc(-n2ccnn2)c(C(F)(F)F)c1.Cc1ccc(-n2cncn2)c(C(F)(F)F)c1.Cc1ccc(-n2cnnc2)c(C(F)(F)F)c1.Cc1ccc(-n2nccn2)c(C(F)(F)F)c1. The highest BCUT2D eigenvalue weighted by Crippen LogP contribution is 2.39. The average Bonchev–Trinajstić information content (AvgIpc) is 1.00. The zero-order chi connectivity index (χ0) is 70.6. The first-order valence-corrected chi connectivity index (χ1v) is 27.4. The van der Waals surface area contributed by atoms with Crippen LogP contribution in [0.5, 0.6) is 0 Å². The van der Waals surface area contributed by atoms with Crippen LogP contribution in [0.25, 0.3) is 34.1 Å². The van der Waals surface area contributed by atoms with Crippen LogP contribution in [0.15, 0.2) is 196 Å². The van der Waals surface area contributed by atoms with E-state index in [0.29, 0.717) is 33.4 Å². The molecule has 96 heavy (non-hydrogen) atoms. The topological polar surface area (TPSA) is 158 Å². The fraction of sp³-hybridized carbons (Fsp3) is 0.194. The van der Waals surface area contributed by atoms with E-state index in [-0.39, 0.29) is 34.1 Å². The van der Waals surface area contributed by atoms with Crippen LogP contribution in [0.2, 0.25) is 0 Å². The van der Waals surface area contributed by atoms with Gasteiger partial charge < -0.3 is 4.57 Å². The minimum absolute atomic E-state index is 0.0180. The molecule has 0 aliphatic heterocycles. The van der Waals surface area contributed by atoms with Gasteiger partial charge in [0.15, 0.2) is 0 Å². The summed E-state index contributed by atoms with van der Waals surface area (Å²) in [5, 5.41) is 28.9. The van der Waals surface area contributed by atoms with E-state index in [9.17, 15) is 79.0 Å². The lowest BCUT2D eigenvalue weighted by Gasteiger charge is -2.13. The number of alkyl halides is 18. The van der Waals surface area contributed by atoms with E-state index in [4.69, 9.17) is 0 Å². The zero-order valence-electron chi connectivity index (χ0n) is 50.4. The van der Waals surface area contributed by atoms with E-state index in [1.54, 1.807) is 84.0 Å². The number of hydrogen-bond donors (Lipinski definition) is 0. The summed E-state index contributed by atoms with van der Waals surface area (Å²) in [4.78, 5) is 8.33. The Morgan fingerprint density at radius 2 is 0.646 bits per heavy atom. The van der Waals surface area contributed by atoms with Gasteiger partial charge in [0.2, 0.25) is 0 Å². The molecule has 0 unspecified atom stereocenters. The number of halogens is 18. The van der Waals surface area contributed by atoms with E-state index in [1.165, 1.54) is 131 Å². The van der Waals surface area contributed by atoms with Gasteiger partial charge in [-0.3, -0.25) is 4.57 Å². The maximum Gasteiger partial charge on any atom is 0.418 e. The van der Waals surface area contributed by atoms with Gasteiger partial charge in [0.25, 0.3) is 0 Å². The first-order valence-electron chi connectivity index (χ1n) is 27.4. The lowest BCUT2D eigenvalue weighted by Crippen LogP contribution is -2.12. The minimum atomic E-state index is -4.41. The van der Waals surface area contributed by atoms with Gasteiger partial charge in [-0.05, 0) is 120 Å². The Balaban J connectivity index is 0.000000163. The van der Waals surface area contributed by atoms with Crippen molar-refractivity contribution in [2.75, 3.05) is 0 Å². The maximum atomic E-state index is 12.8. The van der Waals surface area contributed by atoms with Gasteiger partial charge in [-0.2, -0.15) is 104 Å². The molecule has 0 saturated carbocycles. The summed E-state index contributed by atoms with van der Waals surface area (Å²) in [6, 6.07) is 26.3. The van der Waals surface area contributed by atoms with Crippen molar-refractivity contribution in [3.8, 4) is 34.1 Å². The Hall–Kier alpha value is -11.0. The molecule has 0 spiro atoms. The van der Waals surface area contributed by atoms with Crippen LogP contribution in [-0.4, -0.2) is 78.8 Å². The number of nitrogens with zero attached hydrogens (tertiary/aromatic N) is 16. The normalized spacial score (nSPS) is 11.8. The molecule has 0 radical (unpaired) electrons. The summed E-state index contributed by atoms with van der Waals surface area (Å²) < 4.78 is 236. The highest BCUT2D eigenvalue weighted by molar-refractivity contribution is 5.49. The second-order valence-electron chi connectivity index (χ2n) is 20.4. The molecule has 6 heterocycles. The molecule has 0 N–H and O–H groups in total. The summed E-state index contributed by atoms with van der Waals surface area (Å²) in [6.45, 7) is 9.70. The van der Waals surface area contributed by atoms with Gasteiger partial charge in [-0.1, -0.05) is 75.0 Å². The molecule has 6 aromatic carbocycles. The van der Waals surface area contributed by atoms with Crippen molar-refractivity contribution in [1.82, 2.24) is 78.8 Å². The quantitative estimate of drug-likeness (QED) is 0.147. The van der Waals surface area contributed by atoms with Crippen molar-refractivity contribution in [3.63, 3.8) is 0 Å². The molecule has 6 aromatic heterocycles. The maximum absolute atomic E-state index is 12.8. The Morgan fingerprint density at radius 1 is 0.281 bits per heavy atom. The van der Waals surface area contributed by atoms with Crippen LogP contribution >= 0.6 is 0 Å². The van der Waals surface area contributed by atoms with Crippen LogP contribution in [0.3, 0.4) is 0 Å². The smallest absolute Gasteiger partial charge is 0.306 e. The Kier molecular flexibility index (Phi) is 22.6. The minimum Gasteiger partial charge on any atom is -0.306 e. The Labute approximate surface area is 532 Å². The molecule has 0 fully saturated rings. The van der Waals surface area contributed by atoms with Crippen molar-refractivity contribution in [2.24, 2.45) is 0 Å². The predicted octanol–water partition coefficient (Wildman–Crippen LogP) is 16.8. The number of aryl methyl sites for hydroxylation is 6. The van der Waals surface area contributed by atoms with Crippen LogP contribution < -0.4 is 0 Å². The first-order chi connectivity index (χ1) is 44.9. The van der Waals surface area contributed by atoms with Crippen molar-refractivity contribution in [2.45, 2.75) is 78.6 Å². The molecule has 0 bridgehead atoms. The van der Waals surface area contributed by atoms with Gasteiger partial charge >= 0.3 is 37.1 Å². The lowest BCUT2D eigenvalue weighted by atomic mass is 10.1. The van der Waals surface area contributed by atoms with Gasteiger partial charge in [0, 0.05) is 24.8 Å². The van der Waals surface area contributed by atoms with Crippen LogP contribution in [0.4, 0.5) is 79.0 Å². The van der Waals surface area contributed by atoms with E-state index < -0.39 is 70.4 Å². The number of hydrogen-bond acceptors (Lipinski definition) is 10. The highest BCUT2D eigenvalue weighted by Gasteiger charge is 2.39. The average molecular weight is 1360 g/mol. The van der Waals surface area contributed by atoms with Crippen LogP contribution in [-0.2, 0) is 37.1 Å². The Morgan fingerprint density at radius 3 is 0.990 bits per heavy atom. The number of aromatic nitrogens is 16. The highest BCUT2D eigenvalue weighted by atomic mass is 19.4. The van der Waals surface area contributed by atoms with Gasteiger partial charge in [-0.15, -0.1) is 15.3 Å². The number of rotatable bonds is 6. The third-order valence-electron chi connectivity index (χ3n) is 12.9. The van der Waals surface area contributed by atoms with Crippen LogP contribution in [0, 0.1) is 41.5 Å². The number of benzene rings is 6. The summed E-state index contributed by atoms with van der Waals surface area (Å²) in [6.07, 6.45) is -8.82. The third-order valence-corrected chi connectivity index (χ3v) is 12.9. The number of imidazole rings is 1. The molecule has 0 aliphatic carbocycles. The van der Waals surface area contributed by atoms with Crippen molar-refractivity contribution in [3.05, 3.63) is 263 Å². The Bertz CT molecular complexity index is 3650. The second-order valence-corrected chi connectivity index (χ2v) is 20.4. The molecule has 16 nitrogen and oxygen atoms in total. The summed E-state index contributed by atoms with van der Waals surface area (Å²) in [5.41, 5.74) is -0.732. The van der Waals surface area contributed by atoms with Gasteiger partial charge in [0.05, 0.1) is 98.6 Å². The molecule has 0 atom stereocenters. The molecule has 0 aliphatic rings. The fourth-order valence-electron chi connectivity index (χ4n) is 8.63. The van der Waals surface area contributed by atoms with Gasteiger partial charge in [-0.25, -0.2) is 24.0 Å². The molecule has 0 amide bonds. The van der Waals surface area contributed by atoms with Crippen molar-refractivity contribution < 1.29 is 79.0 Å². The van der Waals surface area contributed by atoms with E-state index in [1.807, 2.05) is 0 Å². The predicted molar refractivity (Wildman–Crippen MR) is 311 cm³/mol. The monoisotopic (exact) mass is 1360 g/mol. The molecule has 12 aromatic rings. The van der Waals surface area contributed by atoms with E-state index in [2.05, 4.69) is 50.9 Å². The summed E-state index contributed by atoms with van der Waals surface area (Å²) in [5.74, 6) is 0. The molecule has 0 saturated heterocycles. The molecule has 34 heteroatoms. The second kappa shape index (κ2) is 30.0. The largest absolute Gasteiger partial charge is 0.418 e. The summed E-state index contributed by atoms with van der Waals surface area (Å²) in [7, 11) is 0. The van der Waals surface area contributed by atoms with E-state index >= 15 is 0 Å². The van der Waals surface area contributed by atoms with Crippen LogP contribution in [0.1, 0.15) is 66.8 Å². The molecule has 504 valence electrons. The molecular weight excluding hydrogens is 1310 g/mol. The standard InChI is InChI=1S/2C11H9F3N2.4C10H8F3N3/c1-8-3-4-10(16-6-2-5-15-16)9(7-8)11(12,13)14;1-8-2-3-10(16-5-4-15-7-16)9(6-8)11(12,13)14;1-7-2-3-9(16-5-14-15-6-16)8(4-7)10(11,12)13;1-7-2-3-9(16-6-14-5-15-16)8(4-7)10(11,12)13;1-7-2-3-9(16-5-4-14-15-16)8(6-7)10(11,12)13;1-7-2-3-9(16-14-4-5-15-16)8(6-7)10(11,12)13/h2*2-7H,1H3;4*2-6H,1H3. The van der Waals surface area contributed by atoms with E-state index in [0.717, 1.165) is 50.6 Å². The zero-order valence-corrected chi connectivity index (χ0v) is 50.4. The first kappa shape index (κ1) is 72.5. The summed E-state index contributed by atoms with van der Waals surface area (Å²) >= 11 is 0. The van der Waals surface area contributed by atoms with Crippen molar-refractivity contribution >= 4 is 0 Å². The third kappa shape index (κ3) is 19.6. The van der Waals surface area contributed by atoms with Crippen molar-refractivity contribution in [1.29, 1.82) is 0 Å². The fourth-order valence-corrected chi connectivity index (χ4v) is 8.63. The molecule has 12 rings (SSSR count).